The molecule has 10 nitrogen and oxygen atoms in total. The number of fused-ring (bicyclic) bond motifs is 2. The number of aryl methyl sites for hydroxylation is 1. The van der Waals surface area contributed by atoms with Gasteiger partial charge in [0.05, 0.1) is 22.5 Å². The lowest BCUT2D eigenvalue weighted by Gasteiger charge is -2.12. The number of anilines is 1. The van der Waals surface area contributed by atoms with Gasteiger partial charge in [-0.3, -0.25) is 14.9 Å². The third-order valence-electron chi connectivity index (χ3n) is 5.23. The van der Waals surface area contributed by atoms with E-state index in [0.717, 1.165) is 15.2 Å². The third kappa shape index (κ3) is 5.39. The summed E-state index contributed by atoms with van der Waals surface area (Å²) in [5.41, 5.74) is 1.45. The average Bonchev–Trinajstić information content (AvgIpc) is 3.49. The van der Waals surface area contributed by atoms with Gasteiger partial charge in [0.1, 0.15) is 23.3 Å². The molecule has 3 aromatic heterocycles. The first kappa shape index (κ1) is 25.1. The first-order chi connectivity index (χ1) is 18.4. The maximum absolute atomic E-state index is 12.8. The van der Waals surface area contributed by atoms with Gasteiger partial charge in [0, 0.05) is 6.07 Å². The third-order valence-corrected chi connectivity index (χ3v) is 7.01. The number of nitrogens with zero attached hydrogens (tertiary/aromatic N) is 5. The molecule has 0 saturated carbocycles. The fourth-order valence-corrected chi connectivity index (χ4v) is 5.21. The van der Waals surface area contributed by atoms with Gasteiger partial charge in [-0.15, -0.1) is 0 Å². The van der Waals surface area contributed by atoms with Crippen LogP contribution in [0.15, 0.2) is 58.9 Å². The van der Waals surface area contributed by atoms with Crippen molar-refractivity contribution in [2.75, 3.05) is 11.9 Å². The van der Waals surface area contributed by atoms with E-state index in [9.17, 15) is 14.9 Å². The molecular weight excluding hydrogens is 524 g/mol. The van der Waals surface area contributed by atoms with Crippen molar-refractivity contribution >= 4 is 55.0 Å². The first-order valence-electron chi connectivity index (χ1n) is 11.5. The predicted octanol–water partition coefficient (Wildman–Crippen LogP) is 4.59. The highest BCUT2D eigenvalue weighted by molar-refractivity contribution is 7.22. The Bertz CT molecular complexity index is 1760. The number of aromatic nitrogens is 4. The summed E-state index contributed by atoms with van der Waals surface area (Å²) < 4.78 is 13.8. The number of rotatable bonds is 8. The van der Waals surface area contributed by atoms with E-state index in [4.69, 9.17) is 9.47 Å². The second-order valence-corrected chi connectivity index (χ2v) is 10.1. The molecule has 0 unspecified atom stereocenters. The molecule has 5 rings (SSSR count). The van der Waals surface area contributed by atoms with Crippen molar-refractivity contribution in [1.29, 1.82) is 5.26 Å². The summed E-state index contributed by atoms with van der Waals surface area (Å²) in [7, 11) is 0. The minimum Gasteiger partial charge on any atom is -0.490 e. The minimum atomic E-state index is -0.559. The molecule has 0 atom stereocenters. The summed E-state index contributed by atoms with van der Waals surface area (Å²) in [5, 5.41) is 17.6. The van der Waals surface area contributed by atoms with Crippen LogP contribution in [0, 0.1) is 18.3 Å². The zero-order valence-electron chi connectivity index (χ0n) is 20.3. The van der Waals surface area contributed by atoms with Crippen molar-refractivity contribution in [2.24, 2.45) is 0 Å². The Labute approximate surface area is 224 Å². The molecule has 1 amide bonds. The molecule has 0 aliphatic rings. The summed E-state index contributed by atoms with van der Waals surface area (Å²) in [5.74, 6) is 0.302. The molecule has 0 radical (unpaired) electrons. The zero-order chi connectivity index (χ0) is 26.6. The lowest BCUT2D eigenvalue weighted by Crippen LogP contribution is -2.16. The smallest absolute Gasteiger partial charge is 0.275 e. The molecule has 190 valence electrons. The second-order valence-electron chi connectivity index (χ2n) is 7.94. The summed E-state index contributed by atoms with van der Waals surface area (Å²) in [6, 6.07) is 15.9. The van der Waals surface area contributed by atoms with Gasteiger partial charge < -0.3 is 9.47 Å². The molecule has 0 aliphatic heterocycles. The highest BCUT2D eigenvalue weighted by Gasteiger charge is 2.14. The number of benzene rings is 2. The van der Waals surface area contributed by atoms with Gasteiger partial charge in [0.15, 0.2) is 16.6 Å². The van der Waals surface area contributed by atoms with Gasteiger partial charge in [0.2, 0.25) is 4.96 Å². The number of nitriles is 1. The van der Waals surface area contributed by atoms with E-state index in [-0.39, 0.29) is 17.7 Å². The van der Waals surface area contributed by atoms with Crippen LogP contribution >= 0.6 is 22.7 Å². The van der Waals surface area contributed by atoms with E-state index < -0.39 is 5.91 Å². The molecular formula is C26H20N6O4S2. The lowest BCUT2D eigenvalue weighted by molar-refractivity contribution is -0.112. The molecule has 38 heavy (non-hydrogen) atoms. The monoisotopic (exact) mass is 544 g/mol. The average molecular weight is 545 g/mol. The largest absolute Gasteiger partial charge is 0.490 e. The van der Waals surface area contributed by atoms with Crippen LogP contribution in [0.5, 0.6) is 11.5 Å². The molecule has 2 aromatic carbocycles. The van der Waals surface area contributed by atoms with E-state index in [2.05, 4.69) is 20.4 Å². The number of hydrogen-bond donors (Lipinski definition) is 1. The Kier molecular flexibility index (Phi) is 7.12. The van der Waals surface area contributed by atoms with Crippen LogP contribution in [0.4, 0.5) is 5.13 Å². The number of hydrogen-bond acceptors (Lipinski definition) is 10. The van der Waals surface area contributed by atoms with Gasteiger partial charge in [0.25, 0.3) is 11.5 Å². The van der Waals surface area contributed by atoms with Crippen LogP contribution in [0.3, 0.4) is 0 Å². The fourth-order valence-electron chi connectivity index (χ4n) is 3.58. The van der Waals surface area contributed by atoms with Crippen LogP contribution in [-0.2, 0) is 11.4 Å². The fraction of sp³-hybridized carbons (Fsp3) is 0.154. The molecule has 0 fully saturated rings. The summed E-state index contributed by atoms with van der Waals surface area (Å²) in [6.45, 7) is 4.06. The quantitative estimate of drug-likeness (QED) is 0.222. The molecule has 5 aromatic rings. The van der Waals surface area contributed by atoms with E-state index in [0.29, 0.717) is 39.5 Å². The Morgan fingerprint density at radius 3 is 2.76 bits per heavy atom. The second kappa shape index (κ2) is 10.8. The maximum atomic E-state index is 12.8. The molecule has 0 spiro atoms. The predicted molar refractivity (Wildman–Crippen MR) is 146 cm³/mol. The topological polar surface area (TPSA) is 132 Å². The van der Waals surface area contributed by atoms with E-state index >= 15 is 0 Å². The zero-order valence-corrected chi connectivity index (χ0v) is 21.9. The van der Waals surface area contributed by atoms with Gasteiger partial charge in [-0.1, -0.05) is 40.9 Å². The van der Waals surface area contributed by atoms with Crippen LogP contribution in [-0.4, -0.2) is 32.1 Å². The van der Waals surface area contributed by atoms with E-state index in [1.165, 1.54) is 39.3 Å². The maximum Gasteiger partial charge on any atom is 0.275 e. The normalized spacial score (nSPS) is 11.4. The molecule has 0 bridgehead atoms. The van der Waals surface area contributed by atoms with Crippen molar-refractivity contribution < 1.29 is 14.3 Å². The van der Waals surface area contributed by atoms with Crippen LogP contribution in [0.2, 0.25) is 0 Å². The first-order valence-corrected chi connectivity index (χ1v) is 13.1. The number of carbonyl (C=O) groups excluding carboxylic acids is 1. The number of amides is 1. The Morgan fingerprint density at radius 1 is 1.13 bits per heavy atom. The van der Waals surface area contributed by atoms with Gasteiger partial charge in [-0.25, -0.2) is 9.97 Å². The van der Waals surface area contributed by atoms with Gasteiger partial charge in [-0.05, 0) is 49.8 Å². The molecule has 1 N–H and O–H groups in total. The number of para-hydroxylation sites is 1. The molecule has 0 aliphatic carbocycles. The minimum absolute atomic E-state index is 0.0476. The molecule has 3 heterocycles. The van der Waals surface area contributed by atoms with Crippen molar-refractivity contribution in [1.82, 2.24) is 19.6 Å². The molecule has 0 saturated heterocycles. The summed E-state index contributed by atoms with van der Waals surface area (Å²) in [4.78, 5) is 34.4. The number of ether oxygens (including phenoxy) is 2. The van der Waals surface area contributed by atoms with Gasteiger partial charge >= 0.3 is 0 Å². The number of nitrogens with one attached hydrogen (secondary N) is 1. The van der Waals surface area contributed by atoms with Crippen molar-refractivity contribution in [3.8, 4) is 17.6 Å². The Morgan fingerprint density at radius 2 is 1.97 bits per heavy atom. The molecule has 12 heteroatoms. The lowest BCUT2D eigenvalue weighted by atomic mass is 10.1. The number of thiazole rings is 1. The Hall–Kier alpha value is -4.60. The summed E-state index contributed by atoms with van der Waals surface area (Å²) >= 11 is 2.65. The standard InChI is InChI=1S/C26H20N6O4S2/c1-3-35-21-11-16(10-17(13-27)24(34)30-25-29-19-6-4-5-7-22(19)38-25)8-9-20(21)36-14-18-12-23(33)32-26(28-18)37-15(2)31-32/h4-12H,3,14H2,1-2H3,(H,29,30,34)/b17-10+. The summed E-state index contributed by atoms with van der Waals surface area (Å²) in [6.07, 6.45) is 1.47. The number of carbonyl (C=O) groups is 1. The Balaban J connectivity index is 1.34. The van der Waals surface area contributed by atoms with Gasteiger partial charge in [-0.2, -0.15) is 14.9 Å². The van der Waals surface area contributed by atoms with Crippen LogP contribution in [0.1, 0.15) is 23.2 Å². The van der Waals surface area contributed by atoms with Crippen molar-refractivity contribution in [3.05, 3.63) is 80.7 Å². The van der Waals surface area contributed by atoms with Crippen LogP contribution < -0.4 is 20.3 Å². The highest BCUT2D eigenvalue weighted by atomic mass is 32.1. The highest BCUT2D eigenvalue weighted by Crippen LogP contribution is 2.30. The van der Waals surface area contributed by atoms with Crippen molar-refractivity contribution in [3.63, 3.8) is 0 Å². The van der Waals surface area contributed by atoms with E-state index in [1.807, 2.05) is 44.2 Å². The SMILES string of the molecule is CCOc1cc(/C=C(\C#N)C(=O)Nc2nc3ccccc3s2)ccc1OCc1cc(=O)n2nc(C)sc2n1. The van der Waals surface area contributed by atoms with Crippen molar-refractivity contribution in [2.45, 2.75) is 20.5 Å². The van der Waals surface area contributed by atoms with E-state index in [1.54, 1.807) is 18.2 Å². The van der Waals surface area contributed by atoms with Crippen LogP contribution in [0.25, 0.3) is 21.3 Å².